The first kappa shape index (κ1) is 31.7. The van der Waals surface area contributed by atoms with Gasteiger partial charge in [-0.2, -0.15) is 4.68 Å². The van der Waals surface area contributed by atoms with Gasteiger partial charge in [0.2, 0.25) is 5.69 Å². The fraction of sp³-hybridized carbons (Fsp3) is 0.714. The van der Waals surface area contributed by atoms with Crippen molar-refractivity contribution in [1.82, 2.24) is 19.6 Å². The van der Waals surface area contributed by atoms with E-state index in [-0.39, 0.29) is 10.8 Å². The van der Waals surface area contributed by atoms with E-state index in [1.54, 1.807) is 0 Å². The Hall–Kier alpha value is -2.56. The van der Waals surface area contributed by atoms with Gasteiger partial charge < -0.3 is 0 Å². The minimum Gasteiger partial charge on any atom is -0.217 e. The van der Waals surface area contributed by atoms with E-state index in [9.17, 15) is 0 Å². The smallest absolute Gasteiger partial charge is 0.217 e. The predicted molar refractivity (Wildman–Crippen MR) is 190 cm³/mol. The van der Waals surface area contributed by atoms with Crippen molar-refractivity contribution in [2.45, 2.75) is 148 Å². The van der Waals surface area contributed by atoms with E-state index < -0.39 is 0 Å². The van der Waals surface area contributed by atoms with E-state index in [4.69, 9.17) is 15.0 Å². The number of aromatic nitrogens is 5. The van der Waals surface area contributed by atoms with Crippen LogP contribution in [0, 0.1) is 35.5 Å². The van der Waals surface area contributed by atoms with E-state index in [0.29, 0.717) is 0 Å². The zero-order chi connectivity index (χ0) is 32.5. The molecule has 47 heavy (non-hydrogen) atoms. The molecule has 2 atom stereocenters. The molecule has 9 rings (SSSR count). The molecule has 0 saturated heterocycles. The maximum Gasteiger partial charge on any atom is 0.239 e. The van der Waals surface area contributed by atoms with Crippen LogP contribution < -0.4 is 4.68 Å². The molecule has 6 saturated carbocycles. The van der Waals surface area contributed by atoms with Gasteiger partial charge in [-0.1, -0.05) is 59.1 Å². The molecule has 0 amide bonds. The minimum absolute atomic E-state index is 0.0702. The molecule has 252 valence electrons. The summed E-state index contributed by atoms with van der Waals surface area (Å²) in [6.45, 7) is 12.4. The Kier molecular flexibility index (Phi) is 8.15. The van der Waals surface area contributed by atoms with Gasteiger partial charge in [-0.05, 0) is 125 Å². The summed E-state index contributed by atoms with van der Waals surface area (Å²) in [5.41, 5.74) is 6.77. The number of nitrogens with zero attached hydrogens (tertiary/aromatic N) is 5. The van der Waals surface area contributed by atoms with Crippen LogP contribution in [0.2, 0.25) is 0 Å². The highest BCUT2D eigenvalue weighted by Gasteiger charge is 2.53. The van der Waals surface area contributed by atoms with Crippen molar-refractivity contribution in [3.63, 3.8) is 0 Å². The molecule has 5 heteroatoms. The Bertz CT molecular complexity index is 1580. The molecule has 5 nitrogen and oxygen atoms in total. The molecular weight excluding hydrogens is 574 g/mol. The Balaban J connectivity index is 1.19. The quantitative estimate of drug-likeness (QED) is 0.232. The molecule has 0 spiro atoms. The molecule has 3 aromatic rings. The summed E-state index contributed by atoms with van der Waals surface area (Å²) in [6.07, 6.45) is 20.2. The van der Waals surface area contributed by atoms with E-state index >= 15 is 0 Å². The zero-order valence-electron chi connectivity index (χ0n) is 30.3. The van der Waals surface area contributed by atoms with Crippen molar-refractivity contribution in [3.8, 4) is 22.6 Å². The molecule has 1 aromatic carbocycles. The van der Waals surface area contributed by atoms with Crippen LogP contribution in [0.25, 0.3) is 22.6 Å². The van der Waals surface area contributed by atoms with E-state index in [0.717, 1.165) is 77.9 Å². The third-order valence-electron chi connectivity index (χ3n) is 13.6. The molecule has 2 unspecified atom stereocenters. The maximum absolute atomic E-state index is 5.50. The Morgan fingerprint density at radius 1 is 0.830 bits per heavy atom. The summed E-state index contributed by atoms with van der Waals surface area (Å²) in [5, 5.41) is 0. The fourth-order valence-corrected chi connectivity index (χ4v) is 11.9. The third-order valence-corrected chi connectivity index (χ3v) is 13.6. The van der Waals surface area contributed by atoms with Gasteiger partial charge in [0, 0.05) is 28.9 Å². The van der Waals surface area contributed by atoms with Crippen molar-refractivity contribution < 1.29 is 4.68 Å². The Labute approximate surface area is 284 Å². The summed E-state index contributed by atoms with van der Waals surface area (Å²) in [5.74, 6) is 8.55. The van der Waals surface area contributed by atoms with Crippen LogP contribution in [0.15, 0.2) is 24.3 Å². The molecule has 2 aromatic heterocycles. The standard InChI is InChI=1S/C42H60N5/c1-7-33-13-14-34(22-35(33)36-23-37(41(3,4)5)46(6)47(36)8-2)39-43-38(15-12-29-17-27-10-9-11-28(16-27)18-29)44-40(45-39)42-24-30-19-31(25-42)21-32(20-30)26-42/h13-14,22-23,27-32H,7-12,15-21,24-26H2,1-6H3/q+1. The molecule has 6 aliphatic carbocycles. The van der Waals surface area contributed by atoms with Gasteiger partial charge in [0.1, 0.15) is 11.6 Å². The second-order valence-electron chi connectivity index (χ2n) is 18.0. The predicted octanol–water partition coefficient (Wildman–Crippen LogP) is 9.33. The molecule has 6 fully saturated rings. The molecule has 6 bridgehead atoms. The lowest BCUT2D eigenvalue weighted by Gasteiger charge is -2.56. The average Bonchev–Trinajstić information content (AvgIpc) is 3.39. The number of hydrogen-bond donors (Lipinski definition) is 0. The average molecular weight is 635 g/mol. The van der Waals surface area contributed by atoms with Crippen LogP contribution in [0.5, 0.6) is 0 Å². The van der Waals surface area contributed by atoms with Crippen molar-refractivity contribution in [3.05, 3.63) is 47.2 Å². The lowest BCUT2D eigenvalue weighted by atomic mass is 9.49. The number of rotatable bonds is 8. The first-order valence-corrected chi connectivity index (χ1v) is 19.6. The van der Waals surface area contributed by atoms with Gasteiger partial charge in [-0.25, -0.2) is 15.0 Å². The second-order valence-corrected chi connectivity index (χ2v) is 18.0. The molecular formula is C42H60N5+. The molecule has 0 N–H and O–H groups in total. The minimum atomic E-state index is 0.0702. The van der Waals surface area contributed by atoms with Crippen molar-refractivity contribution in [2.24, 2.45) is 42.6 Å². The van der Waals surface area contributed by atoms with Crippen molar-refractivity contribution in [1.29, 1.82) is 0 Å². The fourth-order valence-electron chi connectivity index (χ4n) is 11.9. The second kappa shape index (κ2) is 12.1. The highest BCUT2D eigenvalue weighted by atomic mass is 15.4. The number of aryl methyl sites for hydroxylation is 2. The first-order valence-electron chi connectivity index (χ1n) is 19.6. The van der Waals surface area contributed by atoms with Crippen LogP contribution >= 0.6 is 0 Å². The lowest BCUT2D eigenvalue weighted by molar-refractivity contribution is -0.761. The van der Waals surface area contributed by atoms with Gasteiger partial charge in [0.15, 0.2) is 12.4 Å². The van der Waals surface area contributed by atoms with E-state index in [2.05, 4.69) is 75.3 Å². The normalized spacial score (nSPS) is 31.4. The monoisotopic (exact) mass is 634 g/mol. The summed E-state index contributed by atoms with van der Waals surface area (Å²) in [7, 11) is 2.22. The van der Waals surface area contributed by atoms with Gasteiger partial charge >= 0.3 is 0 Å². The molecule has 0 radical (unpaired) electrons. The number of hydrogen-bond acceptors (Lipinski definition) is 3. The van der Waals surface area contributed by atoms with Gasteiger partial charge in [-0.3, -0.25) is 0 Å². The topological polar surface area (TPSA) is 47.5 Å². The summed E-state index contributed by atoms with van der Waals surface area (Å²) >= 11 is 0. The van der Waals surface area contributed by atoms with Crippen LogP contribution in [-0.2, 0) is 37.3 Å². The first-order chi connectivity index (χ1) is 22.6. The highest BCUT2D eigenvalue weighted by Crippen LogP contribution is 2.60. The van der Waals surface area contributed by atoms with Crippen molar-refractivity contribution in [2.75, 3.05) is 0 Å². The Morgan fingerprint density at radius 3 is 2.11 bits per heavy atom. The SMILES string of the molecule is CCc1ccc(-c2nc(CCC3CC4CCCC(C4)C3)nc(C34CC5CC(CC(C5)C3)C4)n2)cc1-c1cc(C(C)(C)C)n(C)[n+]1CC. The maximum atomic E-state index is 5.50. The number of benzene rings is 1. The summed E-state index contributed by atoms with van der Waals surface area (Å²) < 4.78 is 4.81. The Morgan fingerprint density at radius 2 is 1.49 bits per heavy atom. The zero-order valence-corrected chi connectivity index (χ0v) is 30.3. The highest BCUT2D eigenvalue weighted by molar-refractivity contribution is 5.70. The molecule has 6 aliphatic rings. The van der Waals surface area contributed by atoms with Crippen LogP contribution in [0.1, 0.15) is 141 Å². The van der Waals surface area contributed by atoms with Crippen molar-refractivity contribution >= 4 is 0 Å². The largest absolute Gasteiger partial charge is 0.239 e. The van der Waals surface area contributed by atoms with Crippen LogP contribution in [0.3, 0.4) is 0 Å². The molecule has 2 heterocycles. The summed E-state index contributed by atoms with van der Waals surface area (Å²) in [6, 6.07) is 9.50. The molecule has 0 aliphatic heterocycles. The van der Waals surface area contributed by atoms with Crippen LogP contribution in [-0.4, -0.2) is 19.6 Å². The van der Waals surface area contributed by atoms with Gasteiger partial charge in [-0.15, -0.1) is 4.68 Å². The van der Waals surface area contributed by atoms with E-state index in [1.807, 2.05) is 0 Å². The van der Waals surface area contributed by atoms with Crippen LogP contribution in [0.4, 0.5) is 0 Å². The third kappa shape index (κ3) is 5.90. The van der Waals surface area contributed by atoms with E-state index in [1.165, 1.54) is 106 Å². The lowest BCUT2D eigenvalue weighted by Crippen LogP contribution is -2.49. The summed E-state index contributed by atoms with van der Waals surface area (Å²) in [4.78, 5) is 16.3. The van der Waals surface area contributed by atoms with Gasteiger partial charge in [0.05, 0.1) is 18.3 Å². The van der Waals surface area contributed by atoms with Gasteiger partial charge in [0.25, 0.3) is 0 Å². The number of fused-ring (bicyclic) bond motifs is 2.